The summed E-state index contributed by atoms with van der Waals surface area (Å²) >= 11 is 0. The average molecular weight is 244 g/mol. The van der Waals surface area contributed by atoms with Crippen molar-refractivity contribution < 1.29 is 4.39 Å². The van der Waals surface area contributed by atoms with Gasteiger partial charge in [0.05, 0.1) is 17.8 Å². The Morgan fingerprint density at radius 1 is 1.44 bits per heavy atom. The zero-order chi connectivity index (χ0) is 13.1. The van der Waals surface area contributed by atoms with E-state index in [0.717, 1.165) is 11.3 Å². The van der Waals surface area contributed by atoms with Gasteiger partial charge in [-0.05, 0) is 26.0 Å². The van der Waals surface area contributed by atoms with Crippen LogP contribution in [0.25, 0.3) is 0 Å². The van der Waals surface area contributed by atoms with Crippen LogP contribution in [0.15, 0.2) is 18.3 Å². The van der Waals surface area contributed by atoms with Crippen LogP contribution in [0.3, 0.4) is 0 Å². The number of hydrogen-bond donors (Lipinski definition) is 2. The smallest absolute Gasteiger partial charge is 0.129 e. The molecular formula is C13H13FN4. The third kappa shape index (κ3) is 2.33. The molecule has 1 aromatic carbocycles. The van der Waals surface area contributed by atoms with E-state index in [4.69, 9.17) is 5.26 Å². The average Bonchev–Trinajstić information content (AvgIpc) is 2.76. The van der Waals surface area contributed by atoms with Gasteiger partial charge in [-0.2, -0.15) is 10.4 Å². The van der Waals surface area contributed by atoms with E-state index in [0.29, 0.717) is 23.4 Å². The van der Waals surface area contributed by atoms with Crippen LogP contribution in [0.5, 0.6) is 0 Å². The molecule has 5 heteroatoms. The summed E-state index contributed by atoms with van der Waals surface area (Å²) in [5.41, 5.74) is 3.43. The second-order valence-electron chi connectivity index (χ2n) is 4.12. The maximum atomic E-state index is 13.6. The Morgan fingerprint density at radius 2 is 2.22 bits per heavy atom. The quantitative estimate of drug-likeness (QED) is 0.872. The molecular weight excluding hydrogens is 231 g/mol. The van der Waals surface area contributed by atoms with Gasteiger partial charge in [0.1, 0.15) is 5.82 Å². The highest BCUT2D eigenvalue weighted by molar-refractivity contribution is 5.56. The zero-order valence-corrected chi connectivity index (χ0v) is 10.2. The number of H-pyrrole nitrogens is 1. The highest BCUT2D eigenvalue weighted by atomic mass is 19.1. The molecule has 0 fully saturated rings. The fourth-order valence-corrected chi connectivity index (χ4v) is 1.67. The molecule has 0 atom stereocenters. The molecule has 0 unspecified atom stereocenters. The number of nitrogens with one attached hydrogen (secondary N) is 2. The predicted molar refractivity (Wildman–Crippen MR) is 66.5 cm³/mol. The lowest BCUT2D eigenvalue weighted by atomic mass is 10.1. The Balaban J connectivity index is 2.22. The summed E-state index contributed by atoms with van der Waals surface area (Å²) in [6, 6.07) is 4.83. The minimum Gasteiger partial charge on any atom is -0.381 e. The van der Waals surface area contributed by atoms with Crippen LogP contribution >= 0.6 is 0 Å². The van der Waals surface area contributed by atoms with E-state index in [1.54, 1.807) is 19.2 Å². The van der Waals surface area contributed by atoms with Crippen molar-refractivity contribution in [1.29, 1.82) is 5.26 Å². The number of nitriles is 1. The van der Waals surface area contributed by atoms with Gasteiger partial charge in [-0.15, -0.1) is 0 Å². The Labute approximate surface area is 104 Å². The number of aryl methyl sites for hydroxylation is 1. The van der Waals surface area contributed by atoms with Crippen molar-refractivity contribution in [2.45, 2.75) is 20.4 Å². The number of anilines is 1. The van der Waals surface area contributed by atoms with Crippen molar-refractivity contribution in [3.8, 4) is 6.07 Å². The number of hydrogen-bond acceptors (Lipinski definition) is 3. The monoisotopic (exact) mass is 244 g/mol. The minimum atomic E-state index is -0.375. The molecule has 4 nitrogen and oxygen atoms in total. The van der Waals surface area contributed by atoms with Crippen LogP contribution in [0.4, 0.5) is 10.1 Å². The summed E-state index contributed by atoms with van der Waals surface area (Å²) in [6.07, 6.45) is 1.72. The van der Waals surface area contributed by atoms with E-state index >= 15 is 0 Å². The number of benzene rings is 1. The summed E-state index contributed by atoms with van der Waals surface area (Å²) in [5.74, 6) is -0.375. The van der Waals surface area contributed by atoms with Gasteiger partial charge in [0, 0.05) is 29.1 Å². The highest BCUT2D eigenvalue weighted by Crippen LogP contribution is 2.21. The Morgan fingerprint density at radius 3 is 2.83 bits per heavy atom. The number of aromatic amines is 1. The van der Waals surface area contributed by atoms with Crippen LogP contribution in [-0.4, -0.2) is 10.2 Å². The second-order valence-corrected chi connectivity index (χ2v) is 4.12. The van der Waals surface area contributed by atoms with Gasteiger partial charge in [-0.25, -0.2) is 4.39 Å². The van der Waals surface area contributed by atoms with Gasteiger partial charge < -0.3 is 5.32 Å². The van der Waals surface area contributed by atoms with Gasteiger partial charge in [0.25, 0.3) is 0 Å². The normalized spacial score (nSPS) is 10.1. The maximum absolute atomic E-state index is 13.6. The number of rotatable bonds is 3. The van der Waals surface area contributed by atoms with Crippen LogP contribution in [0, 0.1) is 31.0 Å². The van der Waals surface area contributed by atoms with E-state index in [1.165, 1.54) is 6.07 Å². The Kier molecular flexibility index (Phi) is 3.28. The van der Waals surface area contributed by atoms with Crippen LogP contribution in [0.1, 0.15) is 22.4 Å². The van der Waals surface area contributed by atoms with E-state index in [2.05, 4.69) is 15.5 Å². The molecule has 2 N–H and O–H groups in total. The molecule has 92 valence electrons. The first-order valence-corrected chi connectivity index (χ1v) is 5.54. The van der Waals surface area contributed by atoms with Gasteiger partial charge in [-0.3, -0.25) is 5.10 Å². The molecule has 0 aliphatic heterocycles. The van der Waals surface area contributed by atoms with Crippen LogP contribution in [-0.2, 0) is 6.54 Å². The molecule has 0 saturated carbocycles. The summed E-state index contributed by atoms with van der Waals surface area (Å²) in [7, 11) is 0. The van der Waals surface area contributed by atoms with Crippen LogP contribution in [0.2, 0.25) is 0 Å². The molecule has 18 heavy (non-hydrogen) atoms. The molecule has 1 heterocycles. The third-order valence-electron chi connectivity index (χ3n) is 2.88. The summed E-state index contributed by atoms with van der Waals surface area (Å²) < 4.78 is 13.6. The molecule has 1 aromatic heterocycles. The molecule has 0 aliphatic carbocycles. The first kappa shape index (κ1) is 12.1. The maximum Gasteiger partial charge on any atom is 0.129 e. The SMILES string of the molecule is Cc1[nH]ncc1CNc1cc(C#N)cc(F)c1C. The number of halogens is 1. The van der Waals surface area contributed by atoms with Crippen molar-refractivity contribution in [3.63, 3.8) is 0 Å². The van der Waals surface area contributed by atoms with Crippen molar-refractivity contribution in [3.05, 3.63) is 46.5 Å². The lowest BCUT2D eigenvalue weighted by molar-refractivity contribution is 0.618. The third-order valence-corrected chi connectivity index (χ3v) is 2.88. The molecule has 0 aliphatic rings. The van der Waals surface area contributed by atoms with E-state index < -0.39 is 0 Å². The van der Waals surface area contributed by atoms with Crippen molar-refractivity contribution in [2.75, 3.05) is 5.32 Å². The van der Waals surface area contributed by atoms with Crippen molar-refractivity contribution >= 4 is 5.69 Å². The van der Waals surface area contributed by atoms with Crippen molar-refractivity contribution in [2.24, 2.45) is 0 Å². The van der Waals surface area contributed by atoms with Crippen LogP contribution < -0.4 is 5.32 Å². The zero-order valence-electron chi connectivity index (χ0n) is 10.2. The first-order chi connectivity index (χ1) is 8.61. The lowest BCUT2D eigenvalue weighted by Crippen LogP contribution is -2.03. The van der Waals surface area contributed by atoms with Gasteiger partial charge >= 0.3 is 0 Å². The fraction of sp³-hybridized carbons (Fsp3) is 0.231. The van der Waals surface area contributed by atoms with Gasteiger partial charge in [0.2, 0.25) is 0 Å². The van der Waals surface area contributed by atoms with Gasteiger partial charge in [-0.1, -0.05) is 0 Å². The molecule has 0 bridgehead atoms. The molecule has 0 amide bonds. The minimum absolute atomic E-state index is 0.310. The largest absolute Gasteiger partial charge is 0.381 e. The van der Waals surface area contributed by atoms with E-state index in [1.807, 2.05) is 13.0 Å². The number of nitrogens with zero attached hydrogens (tertiary/aromatic N) is 2. The Bertz CT molecular complexity index is 610. The molecule has 0 spiro atoms. The van der Waals surface area contributed by atoms with E-state index in [-0.39, 0.29) is 5.82 Å². The van der Waals surface area contributed by atoms with Gasteiger partial charge in [0.15, 0.2) is 0 Å². The second kappa shape index (κ2) is 4.88. The first-order valence-electron chi connectivity index (χ1n) is 5.54. The summed E-state index contributed by atoms with van der Waals surface area (Å²) in [5, 5.41) is 18.7. The fourth-order valence-electron chi connectivity index (χ4n) is 1.67. The Hall–Kier alpha value is -2.35. The molecule has 2 rings (SSSR count). The number of aromatic nitrogens is 2. The highest BCUT2D eigenvalue weighted by Gasteiger charge is 2.08. The molecule has 0 radical (unpaired) electrons. The van der Waals surface area contributed by atoms with Crippen molar-refractivity contribution in [1.82, 2.24) is 10.2 Å². The molecule has 2 aromatic rings. The predicted octanol–water partition coefficient (Wildman–Crippen LogP) is 2.65. The molecule has 0 saturated heterocycles. The standard InChI is InChI=1S/C13H13FN4/c1-8-12(14)3-10(5-15)4-13(8)16-6-11-7-17-18-9(11)2/h3-4,7,16H,6H2,1-2H3,(H,17,18). The topological polar surface area (TPSA) is 64.5 Å². The lowest BCUT2D eigenvalue weighted by Gasteiger charge is -2.10. The summed E-state index contributed by atoms with van der Waals surface area (Å²) in [6.45, 7) is 4.14. The summed E-state index contributed by atoms with van der Waals surface area (Å²) in [4.78, 5) is 0. The van der Waals surface area contributed by atoms with E-state index in [9.17, 15) is 4.39 Å².